The Balaban J connectivity index is 4.61. The maximum atomic E-state index is 5.68. The molecule has 1 unspecified atom stereocenters. The summed E-state index contributed by atoms with van der Waals surface area (Å²) in [6.45, 7) is 7.89. The molecule has 1 atom stereocenters. The molecule has 0 aromatic heterocycles. The summed E-state index contributed by atoms with van der Waals surface area (Å²) in [4.78, 5) is 14.4. The number of hydrogen-bond donors (Lipinski definition) is 1. The van der Waals surface area contributed by atoms with Gasteiger partial charge in [-0.3, -0.25) is 0 Å². The summed E-state index contributed by atoms with van der Waals surface area (Å²) in [5.74, 6) is 0. The molecular formula is C9H23NO7Si. The summed E-state index contributed by atoms with van der Waals surface area (Å²) in [6, 6.07) is 0. The third-order valence-corrected chi connectivity index (χ3v) is 3.09. The largest absolute Gasteiger partial charge is 0.765 e. The standard InChI is InChI=1S/C9H23NO7Si/c1-5-9(10)14-18(15-11-6-2,16-12-7-3)17-13-8-4/h9H,5-8,10H2,1-4H3. The lowest BCUT2D eigenvalue weighted by Crippen LogP contribution is -2.53. The molecule has 0 amide bonds. The van der Waals surface area contributed by atoms with Crippen molar-refractivity contribution in [2.45, 2.75) is 40.3 Å². The highest BCUT2D eigenvalue weighted by Gasteiger charge is 2.53. The van der Waals surface area contributed by atoms with Gasteiger partial charge in [-0.25, -0.2) is 14.7 Å². The van der Waals surface area contributed by atoms with Crippen LogP contribution in [0.15, 0.2) is 0 Å². The molecule has 0 heterocycles. The Morgan fingerprint density at radius 3 is 1.50 bits per heavy atom. The normalized spacial score (nSPS) is 13.8. The summed E-state index contributed by atoms with van der Waals surface area (Å²) in [7, 11) is -3.73. The van der Waals surface area contributed by atoms with Crippen LogP contribution in [0.4, 0.5) is 0 Å². The van der Waals surface area contributed by atoms with Crippen molar-refractivity contribution in [1.82, 2.24) is 0 Å². The summed E-state index contributed by atoms with van der Waals surface area (Å²) in [5.41, 5.74) is 5.68. The zero-order chi connectivity index (χ0) is 13.9. The predicted molar refractivity (Wildman–Crippen MR) is 63.2 cm³/mol. The average molecular weight is 285 g/mol. The Bertz CT molecular complexity index is 176. The van der Waals surface area contributed by atoms with E-state index in [1.54, 1.807) is 20.8 Å². The van der Waals surface area contributed by atoms with Gasteiger partial charge in [0, 0.05) is 0 Å². The molecule has 0 radical (unpaired) electrons. The van der Waals surface area contributed by atoms with Crippen LogP contribution in [0.25, 0.3) is 0 Å². The van der Waals surface area contributed by atoms with Gasteiger partial charge < -0.3 is 10.2 Å². The van der Waals surface area contributed by atoms with Crippen LogP contribution in [0.3, 0.4) is 0 Å². The first-order chi connectivity index (χ1) is 8.64. The lowest BCUT2D eigenvalue weighted by Gasteiger charge is -2.26. The minimum Gasteiger partial charge on any atom is -0.331 e. The number of nitrogens with two attached hydrogens (primary N) is 1. The SMILES string of the molecule is CCOO[Si](OOCC)(OOCC)OC(N)CC. The van der Waals surface area contributed by atoms with Crippen molar-refractivity contribution >= 4 is 9.05 Å². The summed E-state index contributed by atoms with van der Waals surface area (Å²) < 4.78 is 20.4. The Hall–Kier alpha value is -0.103. The van der Waals surface area contributed by atoms with Crippen LogP contribution in [0.5, 0.6) is 0 Å². The van der Waals surface area contributed by atoms with Crippen molar-refractivity contribution in [3.8, 4) is 0 Å². The highest BCUT2D eigenvalue weighted by atomic mass is 28.4. The summed E-state index contributed by atoms with van der Waals surface area (Å²) in [6.07, 6.45) is -0.104. The van der Waals surface area contributed by atoms with E-state index in [9.17, 15) is 0 Å². The molecule has 18 heavy (non-hydrogen) atoms. The molecule has 2 N–H and O–H groups in total. The molecule has 0 spiro atoms. The molecule has 0 bridgehead atoms. The van der Waals surface area contributed by atoms with Crippen molar-refractivity contribution in [3.05, 3.63) is 0 Å². The molecule has 0 aliphatic carbocycles. The molecule has 0 fully saturated rings. The minimum absolute atomic E-state index is 0.282. The number of hydrogen-bond acceptors (Lipinski definition) is 8. The van der Waals surface area contributed by atoms with E-state index in [0.29, 0.717) is 6.42 Å². The highest BCUT2D eigenvalue weighted by molar-refractivity contribution is 6.52. The van der Waals surface area contributed by atoms with Gasteiger partial charge in [0.25, 0.3) is 0 Å². The van der Waals surface area contributed by atoms with Crippen molar-refractivity contribution in [1.29, 1.82) is 0 Å². The van der Waals surface area contributed by atoms with E-state index in [0.717, 1.165) is 0 Å². The Morgan fingerprint density at radius 2 is 1.22 bits per heavy atom. The van der Waals surface area contributed by atoms with Gasteiger partial charge in [-0.2, -0.15) is 13.7 Å². The van der Waals surface area contributed by atoms with Gasteiger partial charge in [-0.15, -0.1) is 0 Å². The molecule has 0 aliphatic rings. The summed E-state index contributed by atoms with van der Waals surface area (Å²) in [5, 5.41) is 0. The fourth-order valence-corrected chi connectivity index (χ4v) is 2.29. The van der Waals surface area contributed by atoms with Crippen molar-refractivity contribution in [2.75, 3.05) is 19.8 Å². The second-order valence-corrected chi connectivity index (χ2v) is 4.77. The quantitative estimate of drug-likeness (QED) is 0.246. The zero-order valence-electron chi connectivity index (χ0n) is 11.3. The zero-order valence-corrected chi connectivity index (χ0v) is 12.3. The molecule has 0 saturated carbocycles. The van der Waals surface area contributed by atoms with Crippen LogP contribution in [0.1, 0.15) is 34.1 Å². The van der Waals surface area contributed by atoms with E-state index in [1.807, 2.05) is 6.92 Å². The van der Waals surface area contributed by atoms with E-state index >= 15 is 0 Å². The van der Waals surface area contributed by atoms with Gasteiger partial charge in [-0.1, -0.05) is 6.92 Å². The summed E-state index contributed by atoms with van der Waals surface area (Å²) >= 11 is 0. The van der Waals surface area contributed by atoms with Gasteiger partial charge in [-0.05, 0) is 27.2 Å². The van der Waals surface area contributed by atoms with E-state index in [2.05, 4.69) is 0 Å². The van der Waals surface area contributed by atoms with E-state index in [1.165, 1.54) is 0 Å². The monoisotopic (exact) mass is 285 g/mol. The van der Waals surface area contributed by atoms with Crippen molar-refractivity contribution in [2.24, 2.45) is 5.73 Å². The second-order valence-electron chi connectivity index (χ2n) is 3.03. The smallest absolute Gasteiger partial charge is 0.331 e. The molecular weight excluding hydrogens is 262 g/mol. The van der Waals surface area contributed by atoms with Gasteiger partial charge in [0.15, 0.2) is 0 Å². The van der Waals surface area contributed by atoms with Crippen LogP contribution in [0, 0.1) is 0 Å². The van der Waals surface area contributed by atoms with Crippen LogP contribution < -0.4 is 5.73 Å². The van der Waals surface area contributed by atoms with Crippen LogP contribution in [0.2, 0.25) is 0 Å². The maximum Gasteiger partial charge on any atom is 0.765 e. The lowest BCUT2D eigenvalue weighted by atomic mass is 10.5. The van der Waals surface area contributed by atoms with E-state index in [-0.39, 0.29) is 19.8 Å². The van der Waals surface area contributed by atoms with Gasteiger partial charge >= 0.3 is 9.05 Å². The van der Waals surface area contributed by atoms with Gasteiger partial charge in [0.1, 0.15) is 6.23 Å². The van der Waals surface area contributed by atoms with Crippen molar-refractivity contribution in [3.63, 3.8) is 0 Å². The Morgan fingerprint density at radius 1 is 0.833 bits per heavy atom. The van der Waals surface area contributed by atoms with E-state index in [4.69, 9.17) is 38.6 Å². The van der Waals surface area contributed by atoms with Crippen LogP contribution in [-0.2, 0) is 32.8 Å². The average Bonchev–Trinajstić information content (AvgIpc) is 2.40. The fraction of sp³-hybridized carbons (Fsp3) is 1.00. The molecule has 0 aliphatic heterocycles. The maximum absolute atomic E-state index is 5.68. The minimum atomic E-state index is -3.73. The molecule has 0 saturated heterocycles. The van der Waals surface area contributed by atoms with E-state index < -0.39 is 15.3 Å². The first-order valence-corrected chi connectivity index (χ1v) is 7.62. The second kappa shape index (κ2) is 10.8. The van der Waals surface area contributed by atoms with Crippen LogP contribution >= 0.6 is 0 Å². The molecule has 0 aromatic carbocycles. The third kappa shape index (κ3) is 7.36. The third-order valence-electron chi connectivity index (χ3n) is 1.53. The Labute approximate surface area is 108 Å². The molecule has 9 heteroatoms. The van der Waals surface area contributed by atoms with Crippen molar-refractivity contribution < 1.29 is 32.8 Å². The molecule has 8 nitrogen and oxygen atoms in total. The van der Waals surface area contributed by atoms with Crippen LogP contribution in [-0.4, -0.2) is 35.1 Å². The number of rotatable bonds is 12. The molecule has 0 rings (SSSR count). The first kappa shape index (κ1) is 17.9. The molecule has 0 aromatic rings. The predicted octanol–water partition coefficient (Wildman–Crippen LogP) is 1.04. The Kier molecular flexibility index (Phi) is 10.7. The highest BCUT2D eigenvalue weighted by Crippen LogP contribution is 2.16. The van der Waals surface area contributed by atoms with Gasteiger partial charge in [0.2, 0.25) is 0 Å². The lowest BCUT2D eigenvalue weighted by molar-refractivity contribution is -0.388. The molecule has 110 valence electrons. The fourth-order valence-electron chi connectivity index (χ4n) is 0.763. The topological polar surface area (TPSA) is 90.6 Å². The first-order valence-electron chi connectivity index (χ1n) is 5.99. The van der Waals surface area contributed by atoms with Gasteiger partial charge in [0.05, 0.1) is 19.8 Å².